The van der Waals surface area contributed by atoms with Crippen LogP contribution in [0.1, 0.15) is 6.55 Å². The molecule has 0 atom stereocenters. The molecule has 0 amide bonds. The molecule has 147 valence electrons. The van der Waals surface area contributed by atoms with Gasteiger partial charge >= 0.3 is 6.55 Å². The summed E-state index contributed by atoms with van der Waals surface area (Å²) >= 11 is 0. The number of hydrogen-bond donors (Lipinski definition) is 0. The quantitative estimate of drug-likeness (QED) is 0.493. The third kappa shape index (κ3) is 3.42. The van der Waals surface area contributed by atoms with Gasteiger partial charge in [-0.25, -0.2) is 21.5 Å². The van der Waals surface area contributed by atoms with E-state index in [2.05, 4.69) is 16.1 Å². The monoisotopic (exact) mass is 417 g/mol. The molecule has 0 aliphatic rings. The summed E-state index contributed by atoms with van der Waals surface area (Å²) in [7, 11) is -4.15. The van der Waals surface area contributed by atoms with Gasteiger partial charge in [0.15, 0.2) is 0 Å². The minimum absolute atomic E-state index is 0.0963. The molecule has 4 aromatic rings. The highest BCUT2D eigenvalue weighted by molar-refractivity contribution is 7.90. The number of rotatable bonds is 5. The van der Waals surface area contributed by atoms with Crippen LogP contribution in [0, 0.1) is 11.9 Å². The minimum Gasteiger partial charge on any atom is -0.263 e. The van der Waals surface area contributed by atoms with Crippen LogP contribution in [0.15, 0.2) is 72.3 Å². The zero-order valence-corrected chi connectivity index (χ0v) is 15.4. The highest BCUT2D eigenvalue weighted by atomic mass is 32.2. The Morgan fingerprint density at radius 2 is 1.86 bits per heavy atom. The van der Waals surface area contributed by atoms with Crippen LogP contribution in [-0.2, 0) is 10.0 Å². The molecule has 29 heavy (non-hydrogen) atoms. The van der Waals surface area contributed by atoms with Gasteiger partial charge in [0.25, 0.3) is 10.0 Å². The van der Waals surface area contributed by atoms with Crippen molar-refractivity contribution in [2.45, 2.75) is 11.4 Å². The average molecular weight is 417 g/mol. The van der Waals surface area contributed by atoms with E-state index in [0.29, 0.717) is 10.2 Å². The van der Waals surface area contributed by atoms with Crippen LogP contribution in [0.5, 0.6) is 0 Å². The van der Waals surface area contributed by atoms with E-state index in [1.165, 1.54) is 48.9 Å². The van der Waals surface area contributed by atoms with Crippen molar-refractivity contribution in [3.8, 4) is 22.4 Å². The highest BCUT2D eigenvalue weighted by Crippen LogP contribution is 2.28. The summed E-state index contributed by atoms with van der Waals surface area (Å²) < 4.78 is 67.3. The summed E-state index contributed by atoms with van der Waals surface area (Å²) in [6.45, 7) is -2.82. The second-order valence-corrected chi connectivity index (χ2v) is 7.82. The van der Waals surface area contributed by atoms with Crippen LogP contribution < -0.4 is 0 Å². The Bertz CT molecular complexity index is 1280. The van der Waals surface area contributed by atoms with Crippen LogP contribution in [0.4, 0.5) is 13.2 Å². The molecule has 0 bridgehead atoms. The standard InChI is InChI=1S/C19H12F3N4O2S/c20-17-5-2-1-4-16(17)18-6-3-7-26(18)29(27,28)15-8-13(9-23-11-15)14-10-24-25(12-14)19(21)22/h1-2,4-12,19H. The third-order valence-electron chi connectivity index (χ3n) is 4.20. The molecule has 1 radical (unpaired) electrons. The van der Waals surface area contributed by atoms with Crippen molar-refractivity contribution in [1.82, 2.24) is 18.7 Å². The number of aromatic nitrogens is 4. The first-order chi connectivity index (χ1) is 13.9. The first kappa shape index (κ1) is 18.9. The van der Waals surface area contributed by atoms with Crippen LogP contribution in [0.3, 0.4) is 0 Å². The summed E-state index contributed by atoms with van der Waals surface area (Å²) in [4.78, 5) is 3.72. The Morgan fingerprint density at radius 1 is 1.07 bits per heavy atom. The maximum absolute atomic E-state index is 14.2. The number of alkyl halides is 2. The largest absolute Gasteiger partial charge is 0.333 e. The molecule has 0 spiro atoms. The average Bonchev–Trinajstić information content (AvgIpc) is 3.39. The van der Waals surface area contributed by atoms with E-state index >= 15 is 0 Å². The molecule has 3 heterocycles. The summed E-state index contributed by atoms with van der Waals surface area (Å²) in [6, 6.07) is 11.1. The summed E-state index contributed by atoms with van der Waals surface area (Å²) in [6.07, 6.45) is 5.92. The number of halogens is 3. The molecular formula is C19H12F3N4O2S. The molecule has 1 aromatic carbocycles. The highest BCUT2D eigenvalue weighted by Gasteiger charge is 2.23. The number of benzene rings is 1. The van der Waals surface area contributed by atoms with Crippen LogP contribution >= 0.6 is 0 Å². The molecule has 4 rings (SSSR count). The maximum atomic E-state index is 14.2. The van der Waals surface area contributed by atoms with Crippen molar-refractivity contribution in [2.75, 3.05) is 0 Å². The molecule has 3 aromatic heterocycles. The Labute approximate surface area is 163 Å². The second kappa shape index (κ2) is 7.21. The maximum Gasteiger partial charge on any atom is 0.333 e. The van der Waals surface area contributed by atoms with E-state index in [9.17, 15) is 21.6 Å². The van der Waals surface area contributed by atoms with Gasteiger partial charge in [0, 0.05) is 47.5 Å². The Balaban J connectivity index is 1.78. The van der Waals surface area contributed by atoms with E-state index in [0.717, 1.165) is 16.4 Å². The number of nitrogens with zero attached hydrogens (tertiary/aromatic N) is 4. The molecule has 0 saturated heterocycles. The summed E-state index contributed by atoms with van der Waals surface area (Å²) in [5.41, 5.74) is 0.767. The van der Waals surface area contributed by atoms with E-state index in [1.807, 2.05) is 0 Å². The van der Waals surface area contributed by atoms with Gasteiger partial charge in [0.05, 0.1) is 11.9 Å². The van der Waals surface area contributed by atoms with E-state index in [4.69, 9.17) is 0 Å². The summed E-state index contributed by atoms with van der Waals surface area (Å²) in [5, 5.41) is 3.53. The van der Waals surface area contributed by atoms with Gasteiger partial charge in [-0.05, 0) is 24.3 Å². The fraction of sp³-hybridized carbons (Fsp3) is 0.0526. The predicted molar refractivity (Wildman–Crippen MR) is 98.0 cm³/mol. The fourth-order valence-electron chi connectivity index (χ4n) is 2.81. The van der Waals surface area contributed by atoms with Gasteiger partial charge < -0.3 is 0 Å². The molecule has 0 aliphatic heterocycles. The molecule has 0 saturated carbocycles. The van der Waals surface area contributed by atoms with Gasteiger partial charge in [-0.3, -0.25) is 4.98 Å². The van der Waals surface area contributed by atoms with Crippen LogP contribution in [0.2, 0.25) is 0 Å². The van der Waals surface area contributed by atoms with Crippen molar-refractivity contribution >= 4 is 10.0 Å². The lowest BCUT2D eigenvalue weighted by molar-refractivity contribution is 0.0566. The Kier molecular flexibility index (Phi) is 4.71. The predicted octanol–water partition coefficient (Wildman–Crippen LogP) is 3.98. The zero-order valence-electron chi connectivity index (χ0n) is 14.6. The van der Waals surface area contributed by atoms with Gasteiger partial charge in [-0.15, -0.1) is 0 Å². The fourth-order valence-corrected chi connectivity index (χ4v) is 4.11. The lowest BCUT2D eigenvalue weighted by Crippen LogP contribution is -2.14. The lowest BCUT2D eigenvalue weighted by Gasteiger charge is -2.11. The van der Waals surface area contributed by atoms with Gasteiger partial charge in [-0.1, -0.05) is 12.1 Å². The van der Waals surface area contributed by atoms with Gasteiger partial charge in [0.2, 0.25) is 0 Å². The van der Waals surface area contributed by atoms with Crippen molar-refractivity contribution < 1.29 is 21.6 Å². The SMILES string of the molecule is O=S(=O)(c1cncc(-c2cnn(C(F)F)c2)c1)n1c[c]cc1-c1ccccc1F. The van der Waals surface area contributed by atoms with Crippen molar-refractivity contribution in [3.63, 3.8) is 0 Å². The summed E-state index contributed by atoms with van der Waals surface area (Å²) in [5.74, 6) is -0.581. The van der Waals surface area contributed by atoms with E-state index < -0.39 is 22.4 Å². The molecule has 6 nitrogen and oxygen atoms in total. The van der Waals surface area contributed by atoms with E-state index in [1.54, 1.807) is 6.07 Å². The van der Waals surface area contributed by atoms with Crippen molar-refractivity contribution in [1.29, 1.82) is 0 Å². The molecular weight excluding hydrogens is 405 g/mol. The Hall–Kier alpha value is -3.40. The third-order valence-corrected chi connectivity index (χ3v) is 5.84. The first-order valence-corrected chi connectivity index (χ1v) is 9.68. The Morgan fingerprint density at radius 3 is 2.59 bits per heavy atom. The number of hydrogen-bond acceptors (Lipinski definition) is 4. The van der Waals surface area contributed by atoms with Gasteiger partial charge in [-0.2, -0.15) is 13.9 Å². The molecule has 0 unspecified atom stereocenters. The molecule has 0 fully saturated rings. The topological polar surface area (TPSA) is 69.8 Å². The normalized spacial score (nSPS) is 11.9. The van der Waals surface area contributed by atoms with Gasteiger partial charge in [0.1, 0.15) is 10.7 Å². The lowest BCUT2D eigenvalue weighted by atomic mass is 10.1. The van der Waals surface area contributed by atoms with Crippen LogP contribution in [-0.4, -0.2) is 27.2 Å². The molecule has 0 aliphatic carbocycles. The van der Waals surface area contributed by atoms with E-state index in [-0.39, 0.29) is 21.7 Å². The smallest absolute Gasteiger partial charge is 0.263 e. The van der Waals surface area contributed by atoms with Crippen molar-refractivity contribution in [3.05, 3.63) is 79.3 Å². The molecule has 10 heteroatoms. The minimum atomic E-state index is -4.15. The second-order valence-electron chi connectivity index (χ2n) is 6.00. The zero-order chi connectivity index (χ0) is 20.6. The number of pyridine rings is 1. The first-order valence-electron chi connectivity index (χ1n) is 8.24. The molecule has 0 N–H and O–H groups in total. The van der Waals surface area contributed by atoms with Crippen molar-refractivity contribution in [2.24, 2.45) is 0 Å². The van der Waals surface area contributed by atoms with Crippen LogP contribution in [0.25, 0.3) is 22.4 Å².